The third-order valence-corrected chi connectivity index (χ3v) is 7.25. The van der Waals surface area contributed by atoms with Crippen LogP contribution in [0.3, 0.4) is 0 Å². The Morgan fingerprint density at radius 3 is 2.73 bits per heavy atom. The molecule has 0 saturated carbocycles. The smallest absolute Gasteiger partial charge is 0.191 e. The quantitative estimate of drug-likeness (QED) is 0.575. The number of aromatic nitrogens is 2. The minimum Gasteiger partial charge on any atom is -0.367 e. The Labute approximate surface area is 157 Å². The topological polar surface area (TPSA) is 91.6 Å². The highest BCUT2D eigenvalue weighted by atomic mass is 32.2. The molecule has 0 spiro atoms. The second-order valence-electron chi connectivity index (χ2n) is 7.73. The molecule has 1 unspecified atom stereocenters. The lowest BCUT2D eigenvalue weighted by molar-refractivity contribution is 0.468. The van der Waals surface area contributed by atoms with E-state index < -0.39 is 14.6 Å². The minimum atomic E-state index is -3.14. The molecule has 0 aliphatic carbocycles. The number of piperidine rings is 1. The number of hydrogen-bond acceptors (Lipinski definition) is 5. The van der Waals surface area contributed by atoms with E-state index in [4.69, 9.17) is 0 Å². The number of anilines is 1. The van der Waals surface area contributed by atoms with Crippen LogP contribution in [0, 0.1) is 0 Å². The van der Waals surface area contributed by atoms with Crippen molar-refractivity contribution in [2.24, 2.45) is 12.0 Å². The van der Waals surface area contributed by atoms with Gasteiger partial charge in [0.15, 0.2) is 15.8 Å². The molecule has 1 aromatic rings. The second-order valence-corrected chi connectivity index (χ2v) is 10.6. The van der Waals surface area contributed by atoms with E-state index in [1.54, 1.807) is 27.8 Å². The monoisotopic (exact) mass is 384 g/mol. The number of sulfone groups is 1. The number of aryl methyl sites for hydroxylation is 1. The molecule has 8 nitrogen and oxygen atoms in total. The van der Waals surface area contributed by atoms with Gasteiger partial charge in [0.1, 0.15) is 0 Å². The molecule has 1 saturated heterocycles. The van der Waals surface area contributed by atoms with Gasteiger partial charge in [-0.3, -0.25) is 9.67 Å². The number of nitrogens with zero attached hydrogens (tertiary/aromatic N) is 4. The highest BCUT2D eigenvalue weighted by Crippen LogP contribution is 2.19. The van der Waals surface area contributed by atoms with Gasteiger partial charge in [0.2, 0.25) is 0 Å². The van der Waals surface area contributed by atoms with Gasteiger partial charge >= 0.3 is 0 Å². The normalized spacial score (nSPS) is 19.5. The first kappa shape index (κ1) is 20.5. The van der Waals surface area contributed by atoms with Crippen LogP contribution < -0.4 is 15.5 Å². The molecule has 9 heteroatoms. The summed E-state index contributed by atoms with van der Waals surface area (Å²) >= 11 is 0. The van der Waals surface area contributed by atoms with Crippen molar-refractivity contribution in [1.29, 1.82) is 0 Å². The molecule has 1 atom stereocenters. The molecule has 2 heterocycles. The van der Waals surface area contributed by atoms with E-state index in [0.717, 1.165) is 31.6 Å². The van der Waals surface area contributed by atoms with Crippen LogP contribution in [0.15, 0.2) is 17.4 Å². The van der Waals surface area contributed by atoms with Gasteiger partial charge in [-0.2, -0.15) is 5.10 Å². The summed E-state index contributed by atoms with van der Waals surface area (Å²) in [5.41, 5.74) is 1.12. The molecule has 1 aliphatic rings. The maximum atomic E-state index is 12.2. The maximum absolute atomic E-state index is 12.2. The van der Waals surface area contributed by atoms with Crippen LogP contribution in [-0.4, -0.2) is 67.4 Å². The van der Waals surface area contributed by atoms with Gasteiger partial charge in [0, 0.05) is 46.0 Å². The fourth-order valence-electron chi connectivity index (χ4n) is 2.90. The van der Waals surface area contributed by atoms with Crippen molar-refractivity contribution < 1.29 is 8.42 Å². The molecule has 1 fully saturated rings. The maximum Gasteiger partial charge on any atom is 0.191 e. The van der Waals surface area contributed by atoms with Crippen molar-refractivity contribution in [1.82, 2.24) is 20.4 Å². The Hall–Kier alpha value is -1.77. The van der Waals surface area contributed by atoms with Crippen LogP contribution in [0.5, 0.6) is 0 Å². The van der Waals surface area contributed by atoms with Crippen LogP contribution in [0.1, 0.15) is 33.6 Å². The average molecular weight is 385 g/mol. The lowest BCUT2D eigenvalue weighted by Crippen LogP contribution is -2.52. The van der Waals surface area contributed by atoms with Gasteiger partial charge in [-0.15, -0.1) is 0 Å². The third-order valence-electron chi connectivity index (χ3n) is 4.64. The first-order valence-corrected chi connectivity index (χ1v) is 10.7. The fraction of sp³-hybridized carbons (Fsp3) is 0.765. The lowest BCUT2D eigenvalue weighted by Gasteiger charge is -2.34. The predicted molar refractivity (Wildman–Crippen MR) is 106 cm³/mol. The number of guanidine groups is 1. The molecule has 26 heavy (non-hydrogen) atoms. The molecule has 0 amide bonds. The summed E-state index contributed by atoms with van der Waals surface area (Å²) in [6.07, 6.45) is 6.04. The van der Waals surface area contributed by atoms with E-state index in [1.807, 2.05) is 24.1 Å². The molecular weight excluding hydrogens is 352 g/mol. The number of nitrogens with one attached hydrogen (secondary N) is 2. The van der Waals surface area contributed by atoms with Crippen LogP contribution in [0.2, 0.25) is 0 Å². The molecule has 1 aliphatic heterocycles. The van der Waals surface area contributed by atoms with Gasteiger partial charge in [-0.05, 0) is 33.6 Å². The van der Waals surface area contributed by atoms with Crippen LogP contribution in [0.4, 0.5) is 5.69 Å². The second kappa shape index (κ2) is 8.28. The Balaban J connectivity index is 1.86. The summed E-state index contributed by atoms with van der Waals surface area (Å²) in [4.78, 5) is 6.54. The standard InChI is InChI=1S/C17H32N6O2S/c1-17(2,3)26(24,25)10-8-19-16(18-4)21-14-7-6-9-23(12-14)15-11-20-22(5)13-15/h11,13-14H,6-10,12H2,1-5H3,(H2,18,19,21). The van der Waals surface area contributed by atoms with Gasteiger partial charge in [-0.1, -0.05) is 0 Å². The lowest BCUT2D eigenvalue weighted by atomic mass is 10.1. The zero-order valence-electron chi connectivity index (χ0n) is 16.5. The number of aliphatic imine (C=N–C) groups is 1. The van der Waals surface area contributed by atoms with Gasteiger partial charge in [0.05, 0.1) is 22.4 Å². The highest BCUT2D eigenvalue weighted by molar-refractivity contribution is 7.92. The summed E-state index contributed by atoms with van der Waals surface area (Å²) in [7, 11) is 0.481. The highest BCUT2D eigenvalue weighted by Gasteiger charge is 2.28. The van der Waals surface area contributed by atoms with E-state index in [-0.39, 0.29) is 11.8 Å². The van der Waals surface area contributed by atoms with Crippen molar-refractivity contribution in [3.63, 3.8) is 0 Å². The van der Waals surface area contributed by atoms with Crippen molar-refractivity contribution in [2.75, 3.05) is 37.3 Å². The van der Waals surface area contributed by atoms with E-state index in [0.29, 0.717) is 12.5 Å². The largest absolute Gasteiger partial charge is 0.367 e. The van der Waals surface area contributed by atoms with Crippen molar-refractivity contribution in [3.05, 3.63) is 12.4 Å². The van der Waals surface area contributed by atoms with E-state index >= 15 is 0 Å². The SMILES string of the molecule is CN=C(NCCS(=O)(=O)C(C)(C)C)NC1CCCN(c2cnn(C)c2)C1. The van der Waals surface area contributed by atoms with Crippen LogP contribution in [-0.2, 0) is 16.9 Å². The Morgan fingerprint density at radius 2 is 2.15 bits per heavy atom. The summed E-state index contributed by atoms with van der Waals surface area (Å²) in [5.74, 6) is 0.732. The van der Waals surface area contributed by atoms with Gasteiger partial charge in [-0.25, -0.2) is 8.42 Å². The van der Waals surface area contributed by atoms with E-state index in [1.165, 1.54) is 0 Å². The molecule has 0 radical (unpaired) electrons. The van der Waals surface area contributed by atoms with Crippen molar-refractivity contribution in [3.8, 4) is 0 Å². The van der Waals surface area contributed by atoms with Crippen molar-refractivity contribution >= 4 is 21.5 Å². The minimum absolute atomic E-state index is 0.0870. The molecule has 148 valence electrons. The fourth-order valence-corrected chi connectivity index (χ4v) is 3.88. The zero-order chi connectivity index (χ0) is 19.4. The van der Waals surface area contributed by atoms with Crippen LogP contribution >= 0.6 is 0 Å². The van der Waals surface area contributed by atoms with Gasteiger partial charge in [0.25, 0.3) is 0 Å². The average Bonchev–Trinajstić information content (AvgIpc) is 2.99. The molecule has 1 aromatic heterocycles. The zero-order valence-corrected chi connectivity index (χ0v) is 17.3. The first-order valence-electron chi connectivity index (χ1n) is 9.05. The molecule has 0 bridgehead atoms. The Bertz CT molecular complexity index is 720. The Morgan fingerprint density at radius 1 is 1.42 bits per heavy atom. The predicted octanol–water partition coefficient (Wildman–Crippen LogP) is 0.767. The number of hydrogen-bond donors (Lipinski definition) is 2. The number of rotatable bonds is 5. The van der Waals surface area contributed by atoms with E-state index in [9.17, 15) is 8.42 Å². The van der Waals surface area contributed by atoms with Gasteiger partial charge < -0.3 is 15.5 Å². The molecule has 2 rings (SSSR count). The van der Waals surface area contributed by atoms with Crippen molar-refractivity contribution in [2.45, 2.75) is 44.4 Å². The summed E-state index contributed by atoms with van der Waals surface area (Å²) in [6, 6.07) is 0.259. The molecule has 0 aromatic carbocycles. The molecule has 2 N–H and O–H groups in total. The first-order chi connectivity index (χ1) is 12.1. The summed E-state index contributed by atoms with van der Waals surface area (Å²) < 4.78 is 25.5. The summed E-state index contributed by atoms with van der Waals surface area (Å²) in [5, 5.41) is 10.8. The Kier molecular flexibility index (Phi) is 6.54. The van der Waals surface area contributed by atoms with E-state index in [2.05, 4.69) is 25.6 Å². The third kappa shape index (κ3) is 5.36. The molecular formula is C17H32N6O2S. The van der Waals surface area contributed by atoms with Crippen LogP contribution in [0.25, 0.3) is 0 Å². The summed E-state index contributed by atoms with van der Waals surface area (Å²) in [6.45, 7) is 7.41.